The molecule has 0 unspecified atom stereocenters. The number of hydrogen-bond acceptors (Lipinski definition) is 5. The second kappa shape index (κ2) is 8.42. The van der Waals surface area contributed by atoms with Crippen molar-refractivity contribution >= 4 is 11.9 Å². The Morgan fingerprint density at radius 2 is 2.16 bits per heavy atom. The smallest absolute Gasteiger partial charge is 0.270 e. The number of carbonyl (C=O) groups excluding carboxylic acids is 1. The third-order valence-corrected chi connectivity index (χ3v) is 2.49. The van der Waals surface area contributed by atoms with Crippen LogP contribution in [0.5, 0.6) is 0 Å². The normalized spacial score (nSPS) is 10.5. The quantitative estimate of drug-likeness (QED) is 0.686. The number of amides is 1. The number of carbonyl (C=O) groups is 1. The zero-order valence-electron chi connectivity index (χ0n) is 11.9. The Hall–Kier alpha value is -1.69. The summed E-state index contributed by atoms with van der Waals surface area (Å²) in [4.78, 5) is 22.2. The number of anilines is 1. The highest BCUT2D eigenvalue weighted by molar-refractivity contribution is 5.92. The Morgan fingerprint density at radius 1 is 1.37 bits per heavy atom. The van der Waals surface area contributed by atoms with E-state index in [0.29, 0.717) is 18.2 Å². The van der Waals surface area contributed by atoms with Crippen LogP contribution in [0.4, 0.5) is 5.95 Å². The summed E-state index contributed by atoms with van der Waals surface area (Å²) in [7, 11) is 4.07. The molecular formula is C13H23N5O. The van der Waals surface area contributed by atoms with Crippen molar-refractivity contribution in [2.24, 2.45) is 0 Å². The van der Waals surface area contributed by atoms with Crippen molar-refractivity contribution < 1.29 is 4.79 Å². The molecular weight excluding hydrogens is 242 g/mol. The Morgan fingerprint density at radius 3 is 2.84 bits per heavy atom. The molecule has 0 atom stereocenters. The second-order valence-corrected chi connectivity index (χ2v) is 4.60. The van der Waals surface area contributed by atoms with Crippen LogP contribution < -0.4 is 10.6 Å². The van der Waals surface area contributed by atoms with Gasteiger partial charge in [0.2, 0.25) is 5.95 Å². The van der Waals surface area contributed by atoms with Crippen LogP contribution in [0.3, 0.4) is 0 Å². The van der Waals surface area contributed by atoms with Gasteiger partial charge < -0.3 is 15.5 Å². The van der Waals surface area contributed by atoms with Gasteiger partial charge in [0.15, 0.2) is 0 Å². The molecule has 6 nitrogen and oxygen atoms in total. The highest BCUT2D eigenvalue weighted by atomic mass is 16.1. The third-order valence-electron chi connectivity index (χ3n) is 2.49. The van der Waals surface area contributed by atoms with Crippen LogP contribution in [0, 0.1) is 0 Å². The summed E-state index contributed by atoms with van der Waals surface area (Å²) in [5.41, 5.74) is 0.401. The van der Waals surface area contributed by atoms with Gasteiger partial charge in [0, 0.05) is 19.3 Å². The van der Waals surface area contributed by atoms with Crippen molar-refractivity contribution in [1.29, 1.82) is 0 Å². The Bertz CT molecular complexity index is 394. The molecule has 1 heterocycles. The Balaban J connectivity index is 2.45. The zero-order chi connectivity index (χ0) is 14.1. The van der Waals surface area contributed by atoms with E-state index in [4.69, 9.17) is 0 Å². The van der Waals surface area contributed by atoms with Gasteiger partial charge in [0.05, 0.1) is 0 Å². The van der Waals surface area contributed by atoms with E-state index in [2.05, 4.69) is 25.5 Å². The van der Waals surface area contributed by atoms with Crippen LogP contribution in [0.2, 0.25) is 0 Å². The molecule has 0 aliphatic heterocycles. The van der Waals surface area contributed by atoms with E-state index in [1.54, 1.807) is 12.3 Å². The molecule has 0 aliphatic carbocycles. The van der Waals surface area contributed by atoms with Crippen molar-refractivity contribution in [2.75, 3.05) is 39.0 Å². The molecule has 1 amide bonds. The van der Waals surface area contributed by atoms with Gasteiger partial charge in [-0.2, -0.15) is 0 Å². The molecule has 0 radical (unpaired) electrons. The maximum absolute atomic E-state index is 11.7. The number of hydrogen-bond donors (Lipinski definition) is 2. The minimum Gasteiger partial charge on any atom is -0.354 e. The molecule has 1 aromatic rings. The molecule has 1 aromatic heterocycles. The SMILES string of the molecule is CCCNC(=O)c1ccnc(NCCCN(C)C)n1. The highest BCUT2D eigenvalue weighted by Gasteiger charge is 2.07. The number of aromatic nitrogens is 2. The van der Waals surface area contributed by atoms with Crippen LogP contribution in [-0.4, -0.2) is 54.5 Å². The van der Waals surface area contributed by atoms with Gasteiger partial charge in [-0.3, -0.25) is 4.79 Å². The van der Waals surface area contributed by atoms with Gasteiger partial charge in [-0.1, -0.05) is 6.92 Å². The van der Waals surface area contributed by atoms with Crippen LogP contribution in [-0.2, 0) is 0 Å². The van der Waals surface area contributed by atoms with Crippen LogP contribution in [0.15, 0.2) is 12.3 Å². The minimum absolute atomic E-state index is 0.152. The Kier molecular flexibility index (Phi) is 6.81. The summed E-state index contributed by atoms with van der Waals surface area (Å²) in [5.74, 6) is 0.350. The summed E-state index contributed by atoms with van der Waals surface area (Å²) in [6.07, 6.45) is 3.51. The van der Waals surface area contributed by atoms with Crippen LogP contribution >= 0.6 is 0 Å². The molecule has 0 fully saturated rings. The lowest BCUT2D eigenvalue weighted by atomic mass is 10.3. The zero-order valence-corrected chi connectivity index (χ0v) is 11.9. The predicted molar refractivity (Wildman–Crippen MR) is 76.3 cm³/mol. The minimum atomic E-state index is -0.152. The fourth-order valence-corrected chi connectivity index (χ4v) is 1.49. The first kappa shape index (κ1) is 15.4. The topological polar surface area (TPSA) is 70.2 Å². The van der Waals surface area contributed by atoms with E-state index in [1.807, 2.05) is 21.0 Å². The first-order valence-electron chi connectivity index (χ1n) is 6.63. The van der Waals surface area contributed by atoms with Gasteiger partial charge in [-0.05, 0) is 39.5 Å². The monoisotopic (exact) mass is 265 g/mol. The molecule has 0 aromatic carbocycles. The molecule has 106 valence electrons. The fourth-order valence-electron chi connectivity index (χ4n) is 1.49. The highest BCUT2D eigenvalue weighted by Crippen LogP contribution is 2.01. The van der Waals surface area contributed by atoms with Gasteiger partial charge in [0.25, 0.3) is 5.91 Å². The van der Waals surface area contributed by atoms with Crippen molar-refractivity contribution in [2.45, 2.75) is 19.8 Å². The van der Waals surface area contributed by atoms with E-state index < -0.39 is 0 Å². The van der Waals surface area contributed by atoms with Crippen LogP contribution in [0.1, 0.15) is 30.3 Å². The molecule has 0 saturated heterocycles. The Labute approximate surface area is 114 Å². The predicted octanol–water partition coefficient (Wildman–Crippen LogP) is 0.980. The third kappa shape index (κ3) is 6.15. The molecule has 6 heteroatoms. The van der Waals surface area contributed by atoms with Crippen molar-refractivity contribution in [1.82, 2.24) is 20.2 Å². The van der Waals surface area contributed by atoms with E-state index in [1.165, 1.54) is 0 Å². The summed E-state index contributed by atoms with van der Waals surface area (Å²) in [6.45, 7) is 4.47. The molecule has 2 N–H and O–H groups in total. The van der Waals surface area contributed by atoms with Gasteiger partial charge >= 0.3 is 0 Å². The van der Waals surface area contributed by atoms with Crippen LogP contribution in [0.25, 0.3) is 0 Å². The summed E-state index contributed by atoms with van der Waals surface area (Å²) >= 11 is 0. The number of nitrogens with zero attached hydrogens (tertiary/aromatic N) is 3. The molecule has 0 saturated carbocycles. The molecule has 19 heavy (non-hydrogen) atoms. The van der Waals surface area contributed by atoms with Gasteiger partial charge in [-0.25, -0.2) is 9.97 Å². The summed E-state index contributed by atoms with van der Waals surface area (Å²) in [5, 5.41) is 5.92. The second-order valence-electron chi connectivity index (χ2n) is 4.60. The maximum atomic E-state index is 11.7. The summed E-state index contributed by atoms with van der Waals surface area (Å²) < 4.78 is 0. The van der Waals surface area contributed by atoms with E-state index in [-0.39, 0.29) is 5.91 Å². The van der Waals surface area contributed by atoms with Crippen molar-refractivity contribution in [3.8, 4) is 0 Å². The molecule has 1 rings (SSSR count). The van der Waals surface area contributed by atoms with Crippen molar-refractivity contribution in [3.63, 3.8) is 0 Å². The standard InChI is InChI=1S/C13H23N5O/c1-4-7-14-12(19)11-6-9-16-13(17-11)15-8-5-10-18(2)3/h6,9H,4-5,7-8,10H2,1-3H3,(H,14,19)(H,15,16,17). The van der Waals surface area contributed by atoms with E-state index in [0.717, 1.165) is 25.9 Å². The van der Waals surface area contributed by atoms with Gasteiger partial charge in [0.1, 0.15) is 5.69 Å². The number of rotatable bonds is 8. The first-order valence-corrected chi connectivity index (χ1v) is 6.63. The average Bonchev–Trinajstić information content (AvgIpc) is 2.41. The maximum Gasteiger partial charge on any atom is 0.270 e. The number of nitrogens with one attached hydrogen (secondary N) is 2. The van der Waals surface area contributed by atoms with E-state index in [9.17, 15) is 4.79 Å². The average molecular weight is 265 g/mol. The fraction of sp³-hybridized carbons (Fsp3) is 0.615. The molecule has 0 bridgehead atoms. The lowest BCUT2D eigenvalue weighted by molar-refractivity contribution is 0.0948. The van der Waals surface area contributed by atoms with E-state index >= 15 is 0 Å². The largest absolute Gasteiger partial charge is 0.354 e. The first-order chi connectivity index (χ1) is 9.13. The lowest BCUT2D eigenvalue weighted by Crippen LogP contribution is -2.25. The lowest BCUT2D eigenvalue weighted by Gasteiger charge is -2.10. The van der Waals surface area contributed by atoms with Crippen molar-refractivity contribution in [3.05, 3.63) is 18.0 Å². The summed E-state index contributed by atoms with van der Waals surface area (Å²) in [6, 6.07) is 1.62. The molecule has 0 aliphatic rings. The van der Waals surface area contributed by atoms with Gasteiger partial charge in [-0.15, -0.1) is 0 Å². The molecule has 0 spiro atoms.